The number of nitrogens with two attached hydrogens (primary N) is 1. The molecule has 0 saturated carbocycles. The number of aliphatic carboxylic acids is 1. The van der Waals surface area contributed by atoms with Crippen molar-refractivity contribution < 1.29 is 14.7 Å². The summed E-state index contributed by atoms with van der Waals surface area (Å²) in [6, 6.07) is 0. The number of halogens is 2. The number of carboxylic acid groups (broad SMARTS) is 1. The average Bonchev–Trinajstić information content (AvgIpc) is 3.04. The summed E-state index contributed by atoms with van der Waals surface area (Å²) in [4.78, 5) is 26.8. The van der Waals surface area contributed by atoms with Gasteiger partial charge >= 0.3 is 5.97 Å². The van der Waals surface area contributed by atoms with Gasteiger partial charge in [0.05, 0.1) is 6.54 Å². The van der Waals surface area contributed by atoms with Gasteiger partial charge < -0.3 is 20.6 Å². The van der Waals surface area contributed by atoms with E-state index in [1.807, 2.05) is 19.0 Å². The fourth-order valence-corrected chi connectivity index (χ4v) is 4.83. The highest BCUT2D eigenvalue weighted by Gasteiger charge is 2.64. The predicted octanol–water partition coefficient (Wildman–Crippen LogP) is -0.249. The second-order valence-corrected chi connectivity index (χ2v) is 8.12. The molecule has 0 aromatic carbocycles. The van der Waals surface area contributed by atoms with Crippen LogP contribution in [0.2, 0.25) is 0 Å². The van der Waals surface area contributed by atoms with E-state index in [0.717, 1.165) is 12.1 Å². The molecule has 10 nitrogen and oxygen atoms in total. The van der Waals surface area contributed by atoms with E-state index in [4.69, 9.17) is 5.73 Å². The fourth-order valence-electron chi connectivity index (χ4n) is 2.51. The molecule has 152 valence electrons. The number of carbonyl (C=O) groups is 2. The molecule has 0 unspecified atom stereocenters. The van der Waals surface area contributed by atoms with Gasteiger partial charge in [-0.3, -0.25) is 4.79 Å². The van der Waals surface area contributed by atoms with Crippen LogP contribution in [0.3, 0.4) is 0 Å². The van der Waals surface area contributed by atoms with E-state index in [-0.39, 0.29) is 24.8 Å². The molecule has 1 aromatic rings. The maximum absolute atomic E-state index is 12.1. The van der Waals surface area contributed by atoms with Crippen LogP contribution in [-0.4, -0.2) is 90.0 Å². The molecule has 3 N–H and O–H groups in total. The van der Waals surface area contributed by atoms with Gasteiger partial charge in [-0.2, -0.15) is 0 Å². The second kappa shape index (κ2) is 9.43. The molecule has 1 saturated heterocycles. The lowest BCUT2D eigenvalue weighted by molar-refractivity contribution is -0.164. The molecule has 2 aliphatic rings. The minimum atomic E-state index is -1.81. The van der Waals surface area contributed by atoms with Crippen LogP contribution in [0.25, 0.3) is 0 Å². The first-order chi connectivity index (χ1) is 11.8. The third-order valence-electron chi connectivity index (χ3n) is 3.98. The Morgan fingerprint density at radius 2 is 2.22 bits per heavy atom. The number of thioether (sulfide) groups is 2. The second-order valence-electron chi connectivity index (χ2n) is 6.11. The minimum Gasteiger partial charge on any atom is -0.479 e. The third kappa shape index (κ3) is 4.51. The van der Waals surface area contributed by atoms with Crippen LogP contribution in [0.1, 0.15) is 0 Å². The number of carboxylic acids is 1. The molecule has 0 radical (unpaired) electrons. The van der Waals surface area contributed by atoms with Gasteiger partial charge in [0, 0.05) is 24.3 Å². The highest BCUT2D eigenvalue weighted by molar-refractivity contribution is 8.01. The first-order valence-corrected chi connectivity index (χ1v) is 9.57. The Morgan fingerprint density at radius 1 is 1.52 bits per heavy atom. The molecule has 1 aromatic heterocycles. The number of amides is 1. The smallest absolute Gasteiger partial charge is 0.336 e. The van der Waals surface area contributed by atoms with E-state index >= 15 is 0 Å². The molecule has 1 amide bonds. The van der Waals surface area contributed by atoms with Crippen molar-refractivity contribution in [3.63, 3.8) is 0 Å². The molecular weight excluding hydrogens is 437 g/mol. The molecule has 1 fully saturated rings. The Bertz CT molecular complexity index is 733. The van der Waals surface area contributed by atoms with Crippen LogP contribution >= 0.6 is 48.3 Å². The van der Waals surface area contributed by atoms with E-state index < -0.39 is 22.8 Å². The van der Waals surface area contributed by atoms with Crippen LogP contribution in [-0.2, 0) is 16.1 Å². The number of rotatable bonds is 7. The van der Waals surface area contributed by atoms with E-state index in [0.29, 0.717) is 23.2 Å². The number of tetrazole rings is 1. The summed E-state index contributed by atoms with van der Waals surface area (Å²) in [7, 11) is 3.96. The molecule has 27 heavy (non-hydrogen) atoms. The van der Waals surface area contributed by atoms with Crippen molar-refractivity contribution in [2.24, 2.45) is 5.73 Å². The van der Waals surface area contributed by atoms with Crippen molar-refractivity contribution in [1.82, 2.24) is 30.0 Å². The number of β-lactam (4-membered cyclic amide) rings is 1. The number of aromatic nitrogens is 4. The Morgan fingerprint density at radius 3 is 2.85 bits per heavy atom. The average molecular weight is 458 g/mol. The highest BCUT2D eigenvalue weighted by atomic mass is 35.5. The molecule has 0 bridgehead atoms. The monoisotopic (exact) mass is 457 g/mol. The van der Waals surface area contributed by atoms with E-state index in [2.05, 4.69) is 15.5 Å². The number of carbonyl (C=O) groups excluding carboxylic acids is 1. The Kier molecular flexibility index (Phi) is 8.38. The number of likely N-dealkylation sites (N-methyl/N-ethyl adjacent to an activating group) is 1. The van der Waals surface area contributed by atoms with Gasteiger partial charge in [-0.15, -0.1) is 41.7 Å². The highest BCUT2D eigenvalue weighted by Crippen LogP contribution is 2.42. The zero-order chi connectivity index (χ0) is 18.2. The lowest BCUT2D eigenvalue weighted by Crippen LogP contribution is -2.79. The largest absolute Gasteiger partial charge is 0.479 e. The lowest BCUT2D eigenvalue weighted by atomic mass is 9.89. The van der Waals surface area contributed by atoms with Crippen molar-refractivity contribution in [3.05, 3.63) is 11.8 Å². The van der Waals surface area contributed by atoms with Crippen molar-refractivity contribution in [2.45, 2.75) is 22.6 Å². The van der Waals surface area contributed by atoms with Crippen LogP contribution in [0.5, 0.6) is 0 Å². The van der Waals surface area contributed by atoms with Crippen molar-refractivity contribution in [3.8, 4) is 0 Å². The molecule has 3 heterocycles. The third-order valence-corrected chi connectivity index (χ3v) is 6.50. The standard InChI is InChI=1S/C13H19N7O3S2.2ClH/c1-18(2)3-4-20-12(15-16-17-20)25-7-8-5-19-9(21)13(14,11(22)23)10(19)24-6-8;;/h5,10H,3-4,6-7,14H2,1-2H3,(H,22,23);2*1H/t10-,13+;;/m0../s1. The van der Waals surface area contributed by atoms with E-state index in [9.17, 15) is 14.7 Å². The maximum atomic E-state index is 12.1. The summed E-state index contributed by atoms with van der Waals surface area (Å²) in [5.74, 6) is -0.614. The Balaban J connectivity index is 0.00000182. The molecule has 2 aliphatic heterocycles. The van der Waals surface area contributed by atoms with Crippen LogP contribution in [0.4, 0.5) is 0 Å². The number of hydrogen-bond acceptors (Lipinski definition) is 9. The predicted molar refractivity (Wildman–Crippen MR) is 107 cm³/mol. The van der Waals surface area contributed by atoms with Gasteiger partial charge in [-0.05, 0) is 30.1 Å². The molecule has 3 rings (SSSR count). The summed E-state index contributed by atoms with van der Waals surface area (Å²) in [5, 5.41) is 21.0. The van der Waals surface area contributed by atoms with E-state index in [1.165, 1.54) is 28.4 Å². The molecular formula is C13H21Cl2N7O3S2. The normalized spacial score (nSPS) is 23.7. The summed E-state index contributed by atoms with van der Waals surface area (Å²) in [6.07, 6.45) is 1.71. The first-order valence-electron chi connectivity index (χ1n) is 7.54. The first kappa shape index (κ1) is 24.0. The van der Waals surface area contributed by atoms with Crippen molar-refractivity contribution in [2.75, 3.05) is 32.1 Å². The fraction of sp³-hybridized carbons (Fsp3) is 0.615. The lowest BCUT2D eigenvalue weighted by Gasteiger charge is -2.51. The number of hydrogen-bond donors (Lipinski definition) is 2. The zero-order valence-electron chi connectivity index (χ0n) is 14.6. The van der Waals surface area contributed by atoms with Gasteiger partial charge in [0.2, 0.25) is 10.7 Å². The zero-order valence-corrected chi connectivity index (χ0v) is 17.9. The maximum Gasteiger partial charge on any atom is 0.336 e. The summed E-state index contributed by atoms with van der Waals surface area (Å²) < 4.78 is 1.74. The number of fused-ring (bicyclic) bond motifs is 1. The van der Waals surface area contributed by atoms with Crippen LogP contribution < -0.4 is 5.73 Å². The Labute approximate surface area is 177 Å². The summed E-state index contributed by atoms with van der Waals surface area (Å²) >= 11 is 2.86. The van der Waals surface area contributed by atoms with E-state index in [1.54, 1.807) is 10.9 Å². The van der Waals surface area contributed by atoms with Gasteiger partial charge in [0.1, 0.15) is 5.37 Å². The SMILES string of the molecule is CN(C)CCn1nnnc1SCC1=CN2C(=O)[C@](N)(C(=O)O)[C@@H]2SC1.Cl.Cl. The van der Waals surface area contributed by atoms with Gasteiger partial charge in [-0.1, -0.05) is 11.8 Å². The minimum absolute atomic E-state index is 0. The molecule has 14 heteroatoms. The molecule has 2 atom stereocenters. The quantitative estimate of drug-likeness (QED) is 0.320. The molecule has 0 aliphatic carbocycles. The summed E-state index contributed by atoms with van der Waals surface area (Å²) in [6.45, 7) is 1.52. The van der Waals surface area contributed by atoms with Crippen LogP contribution in [0.15, 0.2) is 16.9 Å². The summed E-state index contributed by atoms with van der Waals surface area (Å²) in [5.41, 5.74) is 4.94. The number of nitrogens with zero attached hydrogens (tertiary/aromatic N) is 6. The van der Waals surface area contributed by atoms with Gasteiger partial charge in [0.25, 0.3) is 5.91 Å². The molecule has 0 spiro atoms. The Hall–Kier alpha value is -1.05. The topological polar surface area (TPSA) is 130 Å². The van der Waals surface area contributed by atoms with Crippen LogP contribution in [0, 0.1) is 0 Å². The van der Waals surface area contributed by atoms with Gasteiger partial charge in [-0.25, -0.2) is 9.48 Å². The van der Waals surface area contributed by atoms with Crippen molar-refractivity contribution in [1.29, 1.82) is 0 Å². The van der Waals surface area contributed by atoms with Gasteiger partial charge in [0.15, 0.2) is 0 Å². The van der Waals surface area contributed by atoms with Crippen molar-refractivity contribution >= 4 is 60.2 Å².